The zero-order valence-corrected chi connectivity index (χ0v) is 19.2. The van der Waals surface area contributed by atoms with Gasteiger partial charge in [0.1, 0.15) is 0 Å². The summed E-state index contributed by atoms with van der Waals surface area (Å²) in [7, 11) is 0. The minimum absolute atomic E-state index is 0.00820. The number of nitrogens with two attached hydrogens (primary N) is 3. The summed E-state index contributed by atoms with van der Waals surface area (Å²) in [5.74, 6) is 4.19. The molecule has 0 radical (unpaired) electrons. The van der Waals surface area contributed by atoms with E-state index >= 15 is 0 Å². The summed E-state index contributed by atoms with van der Waals surface area (Å²) in [6, 6.07) is -0.619. The molecule has 0 rings (SSSR count). The van der Waals surface area contributed by atoms with Crippen molar-refractivity contribution in [1.82, 2.24) is 0 Å². The van der Waals surface area contributed by atoms with Crippen LogP contribution in [0.25, 0.3) is 0 Å². The Morgan fingerprint density at radius 3 is 1.69 bits per heavy atom. The van der Waals surface area contributed by atoms with E-state index in [-0.39, 0.29) is 24.5 Å². The van der Waals surface area contributed by atoms with E-state index in [2.05, 4.69) is 11.8 Å². The van der Waals surface area contributed by atoms with Crippen LogP contribution in [0.15, 0.2) is 0 Å². The molecule has 6 nitrogen and oxygen atoms in total. The second-order valence-electron chi connectivity index (χ2n) is 8.92. The molecule has 0 heterocycles. The van der Waals surface area contributed by atoms with Gasteiger partial charge in [-0.1, -0.05) is 97.8 Å². The fraction of sp³-hybridized carbons (Fsp3) is 0.913. The van der Waals surface area contributed by atoms with Gasteiger partial charge in [-0.2, -0.15) is 5.90 Å². The van der Waals surface area contributed by atoms with Crippen LogP contribution in [0.4, 0.5) is 0 Å². The van der Waals surface area contributed by atoms with Gasteiger partial charge in [0, 0.05) is 6.42 Å². The maximum Gasteiger partial charge on any atom is 0.324 e. The van der Waals surface area contributed by atoms with Crippen molar-refractivity contribution in [3.63, 3.8) is 0 Å². The Bertz CT molecular complexity index is 443. The van der Waals surface area contributed by atoms with Gasteiger partial charge in [0.15, 0.2) is 5.78 Å². The lowest BCUT2D eigenvalue weighted by Crippen LogP contribution is -2.56. The molecule has 0 spiro atoms. The highest BCUT2D eigenvalue weighted by atomic mass is 16.7. The minimum Gasteiger partial charge on any atom is -0.373 e. The topological polar surface area (TPSA) is 121 Å². The van der Waals surface area contributed by atoms with E-state index in [0.717, 1.165) is 19.3 Å². The third-order valence-electron chi connectivity index (χ3n) is 5.89. The van der Waals surface area contributed by atoms with Gasteiger partial charge in [0.05, 0.1) is 11.6 Å². The maximum atomic E-state index is 12.8. The molecule has 0 aliphatic carbocycles. The molecule has 0 aliphatic heterocycles. The van der Waals surface area contributed by atoms with Crippen molar-refractivity contribution in [3.05, 3.63) is 0 Å². The quantitative estimate of drug-likeness (QED) is 0.211. The van der Waals surface area contributed by atoms with Crippen molar-refractivity contribution < 1.29 is 14.4 Å². The van der Waals surface area contributed by atoms with Crippen LogP contribution in [0.5, 0.6) is 0 Å². The fourth-order valence-corrected chi connectivity index (χ4v) is 3.67. The lowest BCUT2D eigenvalue weighted by atomic mass is 9.79. The molecule has 172 valence electrons. The highest BCUT2D eigenvalue weighted by Crippen LogP contribution is 2.23. The largest absolute Gasteiger partial charge is 0.373 e. The zero-order chi connectivity index (χ0) is 22.1. The van der Waals surface area contributed by atoms with Crippen LogP contribution < -0.4 is 17.4 Å². The van der Waals surface area contributed by atoms with E-state index in [9.17, 15) is 9.59 Å². The van der Waals surface area contributed by atoms with Gasteiger partial charge in [-0.15, -0.1) is 0 Å². The normalized spacial score (nSPS) is 14.6. The molecule has 6 heteroatoms. The van der Waals surface area contributed by atoms with Crippen molar-refractivity contribution in [3.8, 4) is 0 Å². The Balaban J connectivity index is 4.17. The van der Waals surface area contributed by atoms with Crippen molar-refractivity contribution in [2.24, 2.45) is 23.3 Å². The molecule has 0 fully saturated rings. The number of Topliss-reactive ketones (excluding diaryl/α,β-unsaturated/α-hetero) is 1. The summed E-state index contributed by atoms with van der Waals surface area (Å²) in [5.41, 5.74) is 11.4. The van der Waals surface area contributed by atoms with Gasteiger partial charge in [0.2, 0.25) is 0 Å². The minimum atomic E-state index is -1.09. The molecule has 0 aromatic carbocycles. The number of ketones is 1. The number of unbranched alkanes of at least 4 members (excludes halogenated alkanes) is 11. The number of hydrogen-bond acceptors (Lipinski definition) is 6. The van der Waals surface area contributed by atoms with Gasteiger partial charge in [-0.3, -0.25) is 9.59 Å². The van der Waals surface area contributed by atoms with Gasteiger partial charge in [-0.25, -0.2) is 0 Å². The van der Waals surface area contributed by atoms with E-state index in [1.807, 2.05) is 13.8 Å². The van der Waals surface area contributed by atoms with E-state index in [4.69, 9.17) is 17.4 Å². The predicted molar refractivity (Wildman–Crippen MR) is 120 cm³/mol. The lowest BCUT2D eigenvalue weighted by molar-refractivity contribution is -0.144. The second-order valence-corrected chi connectivity index (χ2v) is 8.92. The van der Waals surface area contributed by atoms with Crippen LogP contribution in [0.2, 0.25) is 0 Å². The zero-order valence-electron chi connectivity index (χ0n) is 19.2. The molecule has 0 aromatic rings. The second kappa shape index (κ2) is 16.8. The van der Waals surface area contributed by atoms with Crippen molar-refractivity contribution in [1.29, 1.82) is 0 Å². The predicted octanol–water partition coefficient (Wildman–Crippen LogP) is 4.52. The van der Waals surface area contributed by atoms with Crippen LogP contribution in [-0.4, -0.2) is 23.3 Å². The van der Waals surface area contributed by atoms with Crippen LogP contribution in [0, 0.1) is 5.92 Å². The first-order valence-corrected chi connectivity index (χ1v) is 11.8. The maximum absolute atomic E-state index is 12.8. The molecule has 0 saturated carbocycles. The van der Waals surface area contributed by atoms with Gasteiger partial charge < -0.3 is 16.3 Å². The molecule has 1 unspecified atom stereocenters. The third-order valence-corrected chi connectivity index (χ3v) is 5.89. The summed E-state index contributed by atoms with van der Waals surface area (Å²) in [6.45, 7) is 6.05. The molecule has 0 saturated heterocycles. The van der Waals surface area contributed by atoms with E-state index < -0.39 is 17.6 Å². The lowest BCUT2D eigenvalue weighted by Gasteiger charge is -2.31. The first-order valence-electron chi connectivity index (χ1n) is 11.8. The third kappa shape index (κ3) is 13.0. The Kier molecular flexibility index (Phi) is 16.2. The highest BCUT2D eigenvalue weighted by molar-refractivity contribution is 5.93. The van der Waals surface area contributed by atoms with Crippen molar-refractivity contribution >= 4 is 11.8 Å². The summed E-state index contributed by atoms with van der Waals surface area (Å²) in [5, 5.41) is 0. The van der Waals surface area contributed by atoms with Crippen LogP contribution in [0.1, 0.15) is 117 Å². The Morgan fingerprint density at radius 2 is 1.28 bits per heavy atom. The molecule has 0 bridgehead atoms. The van der Waals surface area contributed by atoms with Gasteiger partial charge in [-0.05, 0) is 18.8 Å². The summed E-state index contributed by atoms with van der Waals surface area (Å²) >= 11 is 0. The Morgan fingerprint density at radius 1 is 0.828 bits per heavy atom. The summed E-state index contributed by atoms with van der Waals surface area (Å²) in [4.78, 5) is 28.4. The monoisotopic (exact) mass is 413 g/mol. The van der Waals surface area contributed by atoms with E-state index in [1.165, 1.54) is 57.8 Å². The van der Waals surface area contributed by atoms with Crippen molar-refractivity contribution in [2.75, 3.05) is 0 Å². The molecule has 0 aliphatic rings. The SMILES string of the molecule is CCCCCCCCCCCCCCC(N)(CCC(=O)ON)C(=O)[C@@H](N)C(C)C. The fourth-order valence-electron chi connectivity index (χ4n) is 3.67. The average molecular weight is 414 g/mol. The smallest absolute Gasteiger partial charge is 0.324 e. The molecule has 0 aromatic heterocycles. The summed E-state index contributed by atoms with van der Waals surface area (Å²) < 4.78 is 0. The van der Waals surface area contributed by atoms with E-state index in [1.54, 1.807) is 0 Å². The number of hydrogen-bond donors (Lipinski definition) is 3. The van der Waals surface area contributed by atoms with Gasteiger partial charge in [0.25, 0.3) is 0 Å². The first-order chi connectivity index (χ1) is 13.8. The molecule has 2 atom stereocenters. The molecule has 0 amide bonds. The number of rotatable bonds is 19. The molecular weight excluding hydrogens is 366 g/mol. The van der Waals surface area contributed by atoms with Crippen LogP contribution >= 0.6 is 0 Å². The molecular formula is C23H47N3O3. The molecule has 6 N–H and O–H groups in total. The van der Waals surface area contributed by atoms with Crippen LogP contribution in [0.3, 0.4) is 0 Å². The summed E-state index contributed by atoms with van der Waals surface area (Å²) in [6.07, 6.45) is 15.8. The van der Waals surface area contributed by atoms with Crippen molar-refractivity contribution in [2.45, 2.75) is 129 Å². The number of carbonyl (C=O) groups excluding carboxylic acids is 2. The Hall–Kier alpha value is -0.980. The highest BCUT2D eigenvalue weighted by Gasteiger charge is 2.37. The van der Waals surface area contributed by atoms with E-state index in [0.29, 0.717) is 6.42 Å². The van der Waals surface area contributed by atoms with Gasteiger partial charge >= 0.3 is 5.97 Å². The molecule has 29 heavy (non-hydrogen) atoms. The van der Waals surface area contributed by atoms with Crippen LogP contribution in [-0.2, 0) is 14.4 Å². The first kappa shape index (κ1) is 28.0. The average Bonchev–Trinajstić information content (AvgIpc) is 2.71. The number of carbonyl (C=O) groups is 2. The standard InChI is InChI=1S/C23H47N3O3/c1-4-5-6-7-8-9-10-11-12-13-14-15-17-23(25,18-16-20(27)29-26)22(28)21(24)19(2)3/h19,21H,4-18,24-26H2,1-3H3/t21-,23?/m0/s1. The Labute approximate surface area is 178 Å².